The molecular formula is C33H35NO12. The highest BCUT2D eigenvalue weighted by molar-refractivity contribution is 5.85. The van der Waals surface area contributed by atoms with Crippen molar-refractivity contribution in [2.45, 2.75) is 74.1 Å². The van der Waals surface area contributed by atoms with E-state index < -0.39 is 65.7 Å². The molecule has 2 aliphatic heterocycles. The first-order valence-corrected chi connectivity index (χ1v) is 15.0. The van der Waals surface area contributed by atoms with Crippen LogP contribution >= 0.6 is 0 Å². The highest BCUT2D eigenvalue weighted by atomic mass is 16.6. The lowest BCUT2D eigenvalue weighted by Gasteiger charge is -2.61. The van der Waals surface area contributed by atoms with E-state index in [1.165, 1.54) is 26.2 Å². The number of nitrogens with zero attached hydrogens (tertiary/aromatic N) is 1. The molecule has 1 spiro atoms. The van der Waals surface area contributed by atoms with Crippen LogP contribution in [0.25, 0.3) is 0 Å². The van der Waals surface area contributed by atoms with E-state index in [0.29, 0.717) is 30.9 Å². The number of methoxy groups -OCH3 is 1. The zero-order valence-corrected chi connectivity index (χ0v) is 25.5. The number of aliphatic hydroxyl groups excluding tert-OH is 1. The van der Waals surface area contributed by atoms with E-state index in [4.69, 9.17) is 23.7 Å². The molecule has 46 heavy (non-hydrogen) atoms. The zero-order valence-electron chi connectivity index (χ0n) is 25.5. The van der Waals surface area contributed by atoms with Gasteiger partial charge in [0.2, 0.25) is 6.10 Å². The highest BCUT2D eigenvalue weighted by Crippen LogP contribution is 2.65. The molecule has 4 aliphatic rings. The Morgan fingerprint density at radius 2 is 1.83 bits per heavy atom. The number of carboxylic acids is 1. The van der Waals surface area contributed by atoms with Crippen LogP contribution in [0.2, 0.25) is 0 Å². The Balaban J connectivity index is 1.13. The molecule has 1 saturated heterocycles. The number of hydrogen-bond acceptors (Lipinski definition) is 12. The van der Waals surface area contributed by atoms with Crippen molar-refractivity contribution in [3.05, 3.63) is 71.0 Å². The molecule has 7 atom stereocenters. The van der Waals surface area contributed by atoms with Crippen LogP contribution in [0.5, 0.6) is 11.5 Å². The van der Waals surface area contributed by atoms with Crippen LogP contribution in [0.3, 0.4) is 0 Å². The van der Waals surface area contributed by atoms with Gasteiger partial charge in [0, 0.05) is 23.6 Å². The summed E-state index contributed by atoms with van der Waals surface area (Å²) < 4.78 is 27.7. The second-order valence-corrected chi connectivity index (χ2v) is 12.1. The molecule has 244 valence electrons. The van der Waals surface area contributed by atoms with Crippen molar-refractivity contribution < 1.29 is 58.2 Å². The van der Waals surface area contributed by atoms with Gasteiger partial charge in [-0.3, -0.25) is 4.79 Å². The fraction of sp³-hybridized carbons (Fsp3) is 0.455. The van der Waals surface area contributed by atoms with Gasteiger partial charge in [-0.25, -0.2) is 14.4 Å². The van der Waals surface area contributed by atoms with Gasteiger partial charge in [0.05, 0.1) is 24.5 Å². The summed E-state index contributed by atoms with van der Waals surface area (Å²) >= 11 is 0. The van der Waals surface area contributed by atoms with Gasteiger partial charge < -0.3 is 43.9 Å². The van der Waals surface area contributed by atoms with Crippen molar-refractivity contribution in [3.8, 4) is 11.5 Å². The largest absolute Gasteiger partial charge is 0.493 e. The van der Waals surface area contributed by atoms with Crippen LogP contribution in [0, 0.1) is 0 Å². The lowest BCUT2D eigenvalue weighted by Crippen LogP contribution is -2.74. The van der Waals surface area contributed by atoms with E-state index in [1.54, 1.807) is 24.3 Å². The lowest BCUT2D eigenvalue weighted by molar-refractivity contribution is -0.178. The van der Waals surface area contributed by atoms with Gasteiger partial charge in [-0.15, -0.1) is 0 Å². The smallest absolute Gasteiger partial charge is 0.349 e. The molecule has 0 radical (unpaired) electrons. The molecule has 2 heterocycles. The fourth-order valence-electron chi connectivity index (χ4n) is 7.41. The third-order valence-electron chi connectivity index (χ3n) is 9.61. The van der Waals surface area contributed by atoms with Crippen LogP contribution in [-0.2, 0) is 45.2 Å². The molecular weight excluding hydrogens is 602 g/mol. The number of likely N-dealkylation sites (tertiary alicyclic amines) is 1. The van der Waals surface area contributed by atoms with Crippen LogP contribution < -0.4 is 9.47 Å². The van der Waals surface area contributed by atoms with Crippen molar-refractivity contribution in [1.82, 2.24) is 4.90 Å². The van der Waals surface area contributed by atoms with Gasteiger partial charge >= 0.3 is 23.9 Å². The SMILES string of the molecule is COc1ccc2c3c1O[C@@H]1C(OC(=O)[C@@H](O)CC(=O)O[C@@H](C)C(=O)O[C@H](C(=O)O)c4ccccc4)=CC[C@]4(O)[C@H](C2)N(C)CC[C@@]314. The van der Waals surface area contributed by atoms with E-state index in [0.717, 1.165) is 11.1 Å². The first-order valence-electron chi connectivity index (χ1n) is 15.0. The number of piperidine rings is 1. The molecule has 0 amide bonds. The molecule has 6 rings (SSSR count). The van der Waals surface area contributed by atoms with Gasteiger partial charge in [0.25, 0.3) is 0 Å². The summed E-state index contributed by atoms with van der Waals surface area (Å²) in [5.41, 5.74) is -0.0886. The molecule has 13 heteroatoms. The number of ether oxygens (including phenoxy) is 5. The number of aliphatic carboxylic acids is 1. The number of benzene rings is 2. The standard InChI is InChI=1S/C33H35NO12/c1-17(30(39)46-26(29(37)38)18-7-5-4-6-8-18)43-24(36)16-20(35)31(40)44-22-11-12-33(41)23-15-19-9-10-21(42-3)27-25(19)32(33,28(22)45-27)13-14-34(23)2/h4-11,17,20,23,26,28,35,41H,12-16H2,1-3H3,(H,37,38)/t17-,20-,23-,26-,28+,32+,33-/m0/s1. The number of carbonyl (C=O) groups is 4. The Labute approximate surface area is 264 Å². The predicted molar refractivity (Wildman–Crippen MR) is 157 cm³/mol. The summed E-state index contributed by atoms with van der Waals surface area (Å²) in [5, 5.41) is 32.4. The predicted octanol–water partition coefficient (Wildman–Crippen LogP) is 1.57. The molecule has 0 aromatic heterocycles. The lowest BCUT2D eigenvalue weighted by atomic mass is 9.50. The monoisotopic (exact) mass is 637 g/mol. The van der Waals surface area contributed by atoms with Crippen LogP contribution in [0.15, 0.2) is 54.3 Å². The van der Waals surface area contributed by atoms with Gasteiger partial charge in [0.15, 0.2) is 29.8 Å². The Kier molecular flexibility index (Phi) is 8.03. The second-order valence-electron chi connectivity index (χ2n) is 12.1. The average Bonchev–Trinajstić information content (AvgIpc) is 3.39. The molecule has 3 N–H and O–H groups in total. The third kappa shape index (κ3) is 4.89. The Hall–Kier alpha value is -4.46. The zero-order chi connectivity index (χ0) is 33.0. The van der Waals surface area contributed by atoms with Gasteiger partial charge in [-0.1, -0.05) is 36.4 Å². The summed E-state index contributed by atoms with van der Waals surface area (Å²) in [6.45, 7) is 1.84. The number of hydrogen-bond donors (Lipinski definition) is 3. The maximum absolute atomic E-state index is 13.1. The van der Waals surface area contributed by atoms with Crippen LogP contribution in [0.4, 0.5) is 0 Å². The first-order chi connectivity index (χ1) is 21.9. The number of rotatable bonds is 10. The van der Waals surface area contributed by atoms with Gasteiger partial charge in [-0.05, 0) is 51.1 Å². The summed E-state index contributed by atoms with van der Waals surface area (Å²) in [6, 6.07) is 11.3. The number of esters is 3. The minimum absolute atomic E-state index is 0.106. The number of likely N-dealkylation sites (N-methyl/N-ethyl adjacent to an activating group) is 1. The minimum atomic E-state index is -1.96. The van der Waals surface area contributed by atoms with E-state index in [2.05, 4.69) is 4.90 Å². The van der Waals surface area contributed by atoms with Gasteiger partial charge in [0.1, 0.15) is 5.76 Å². The molecule has 0 unspecified atom stereocenters. The maximum atomic E-state index is 13.1. The summed E-state index contributed by atoms with van der Waals surface area (Å²) in [4.78, 5) is 51.9. The molecule has 13 nitrogen and oxygen atoms in total. The van der Waals surface area contributed by atoms with Crippen molar-refractivity contribution in [1.29, 1.82) is 0 Å². The van der Waals surface area contributed by atoms with E-state index in [-0.39, 0.29) is 23.8 Å². The van der Waals surface area contributed by atoms with Crippen molar-refractivity contribution in [3.63, 3.8) is 0 Å². The second kappa shape index (κ2) is 11.7. The van der Waals surface area contributed by atoms with Crippen molar-refractivity contribution in [2.24, 2.45) is 0 Å². The molecule has 2 bridgehead atoms. The average molecular weight is 638 g/mol. The maximum Gasteiger partial charge on any atom is 0.349 e. The minimum Gasteiger partial charge on any atom is -0.493 e. The van der Waals surface area contributed by atoms with Crippen LogP contribution in [0.1, 0.15) is 49.0 Å². The number of carbonyl (C=O) groups excluding carboxylic acids is 3. The highest BCUT2D eigenvalue weighted by Gasteiger charge is 2.72. The van der Waals surface area contributed by atoms with E-state index >= 15 is 0 Å². The Bertz CT molecular complexity index is 1610. The summed E-state index contributed by atoms with van der Waals surface area (Å²) in [6.07, 6.45) is -3.98. The molecule has 0 saturated carbocycles. The Morgan fingerprint density at radius 3 is 2.52 bits per heavy atom. The van der Waals surface area contributed by atoms with E-state index in [9.17, 15) is 34.5 Å². The topological polar surface area (TPSA) is 178 Å². The summed E-state index contributed by atoms with van der Waals surface area (Å²) in [7, 11) is 3.49. The van der Waals surface area contributed by atoms with Crippen molar-refractivity contribution in [2.75, 3.05) is 20.7 Å². The summed E-state index contributed by atoms with van der Waals surface area (Å²) in [5.74, 6) is -3.73. The van der Waals surface area contributed by atoms with Gasteiger partial charge in [-0.2, -0.15) is 0 Å². The van der Waals surface area contributed by atoms with Crippen LogP contribution in [-0.4, -0.2) is 94.8 Å². The van der Waals surface area contributed by atoms with E-state index in [1.807, 2.05) is 19.2 Å². The quantitative estimate of drug-likeness (QED) is 0.253. The first kappa shape index (κ1) is 31.5. The number of carboxylic acid groups (broad SMARTS) is 1. The third-order valence-corrected chi connectivity index (χ3v) is 9.61. The normalized spacial score (nSPS) is 27.5. The Morgan fingerprint density at radius 1 is 1.09 bits per heavy atom. The van der Waals surface area contributed by atoms with Crippen molar-refractivity contribution >= 4 is 23.9 Å². The fourth-order valence-corrected chi connectivity index (χ4v) is 7.41. The molecule has 2 aromatic carbocycles. The molecule has 1 fully saturated rings. The number of aliphatic hydroxyl groups is 2. The molecule has 2 aliphatic carbocycles. The molecule has 2 aromatic rings.